The van der Waals surface area contributed by atoms with Crippen LogP contribution in [0.15, 0.2) is 18.5 Å². The lowest BCUT2D eigenvalue weighted by atomic mass is 10.3. The van der Waals surface area contributed by atoms with Crippen molar-refractivity contribution in [2.75, 3.05) is 7.11 Å². The Balaban J connectivity index is 1.97. The fourth-order valence-electron chi connectivity index (χ4n) is 2.23. The predicted molar refractivity (Wildman–Crippen MR) is 78.3 cm³/mol. The molecule has 0 N–H and O–H groups in total. The highest BCUT2D eigenvalue weighted by molar-refractivity contribution is 6.16. The van der Waals surface area contributed by atoms with Gasteiger partial charge in [-0.2, -0.15) is 4.98 Å². The quantitative estimate of drug-likeness (QED) is 0.669. The Bertz CT molecular complexity index is 765. The molecule has 0 saturated heterocycles. The molecule has 21 heavy (non-hydrogen) atoms. The van der Waals surface area contributed by atoms with Gasteiger partial charge in [0, 0.05) is 26.1 Å². The van der Waals surface area contributed by atoms with E-state index in [0.29, 0.717) is 18.3 Å². The molecule has 0 radical (unpaired) electrons. The van der Waals surface area contributed by atoms with Crippen molar-refractivity contribution >= 4 is 22.8 Å². The SMILES string of the molecule is COc1ccc2nc(CCl)n(CCc3nncn3C)c2n1. The van der Waals surface area contributed by atoms with Crippen molar-refractivity contribution in [2.45, 2.75) is 18.8 Å². The Morgan fingerprint density at radius 1 is 1.24 bits per heavy atom. The molecule has 3 rings (SSSR count). The molecule has 0 bridgehead atoms. The van der Waals surface area contributed by atoms with Gasteiger partial charge in [-0.05, 0) is 6.07 Å². The van der Waals surface area contributed by atoms with Gasteiger partial charge in [-0.1, -0.05) is 0 Å². The van der Waals surface area contributed by atoms with Crippen LogP contribution in [0, 0.1) is 0 Å². The van der Waals surface area contributed by atoms with Crippen LogP contribution in [-0.4, -0.2) is 36.4 Å². The maximum absolute atomic E-state index is 5.99. The second-order valence-corrected chi connectivity index (χ2v) is 4.88. The average Bonchev–Trinajstić information content (AvgIpc) is 3.07. The smallest absolute Gasteiger partial charge is 0.215 e. The van der Waals surface area contributed by atoms with E-state index >= 15 is 0 Å². The van der Waals surface area contributed by atoms with Gasteiger partial charge in [-0.25, -0.2) is 4.98 Å². The standard InChI is InChI=1S/C13H15ClN6O/c1-19-8-15-18-10(19)5-6-20-11(7-14)16-9-3-4-12(21-2)17-13(9)20/h3-4,8H,5-7H2,1-2H3. The third-order valence-electron chi connectivity index (χ3n) is 3.34. The van der Waals surface area contributed by atoms with E-state index in [0.717, 1.165) is 29.2 Å². The third kappa shape index (κ3) is 2.56. The van der Waals surface area contributed by atoms with Crippen molar-refractivity contribution in [1.82, 2.24) is 29.3 Å². The number of fused-ring (bicyclic) bond motifs is 1. The van der Waals surface area contributed by atoms with Crippen molar-refractivity contribution in [1.29, 1.82) is 0 Å². The Kier molecular flexibility index (Phi) is 3.74. The number of methoxy groups -OCH3 is 1. The molecule has 0 saturated carbocycles. The van der Waals surface area contributed by atoms with E-state index in [9.17, 15) is 0 Å². The van der Waals surface area contributed by atoms with Crippen molar-refractivity contribution in [3.8, 4) is 5.88 Å². The average molecular weight is 307 g/mol. The summed E-state index contributed by atoms with van der Waals surface area (Å²) < 4.78 is 9.07. The van der Waals surface area contributed by atoms with Crippen LogP contribution < -0.4 is 4.74 Å². The summed E-state index contributed by atoms with van der Waals surface area (Å²) in [5, 5.41) is 7.97. The summed E-state index contributed by atoms with van der Waals surface area (Å²) in [7, 11) is 3.52. The molecule has 0 spiro atoms. The fourth-order valence-corrected chi connectivity index (χ4v) is 2.43. The summed E-state index contributed by atoms with van der Waals surface area (Å²) >= 11 is 5.99. The maximum Gasteiger partial charge on any atom is 0.215 e. The van der Waals surface area contributed by atoms with Crippen LogP contribution in [-0.2, 0) is 25.9 Å². The second-order valence-electron chi connectivity index (χ2n) is 4.62. The molecule has 3 aromatic rings. The highest BCUT2D eigenvalue weighted by Crippen LogP contribution is 2.19. The highest BCUT2D eigenvalue weighted by Gasteiger charge is 2.13. The largest absolute Gasteiger partial charge is 0.481 e. The number of imidazole rings is 1. The van der Waals surface area contributed by atoms with Gasteiger partial charge >= 0.3 is 0 Å². The van der Waals surface area contributed by atoms with Crippen LogP contribution >= 0.6 is 11.6 Å². The molecule has 0 atom stereocenters. The Hall–Kier alpha value is -2.15. The number of aryl methyl sites for hydroxylation is 3. The molecule has 0 amide bonds. The number of alkyl halides is 1. The first kappa shape index (κ1) is 13.8. The van der Waals surface area contributed by atoms with E-state index < -0.39 is 0 Å². The molecule has 0 aliphatic carbocycles. The number of halogens is 1. The minimum absolute atomic E-state index is 0.331. The van der Waals surface area contributed by atoms with E-state index in [2.05, 4.69) is 20.2 Å². The van der Waals surface area contributed by atoms with E-state index in [-0.39, 0.29) is 0 Å². The first-order valence-corrected chi connectivity index (χ1v) is 7.05. The molecule has 0 unspecified atom stereocenters. The van der Waals surface area contributed by atoms with E-state index in [1.807, 2.05) is 22.2 Å². The molecular weight excluding hydrogens is 292 g/mol. The molecule has 3 heterocycles. The zero-order valence-electron chi connectivity index (χ0n) is 11.8. The molecular formula is C13H15ClN6O. The van der Waals surface area contributed by atoms with Crippen LogP contribution in [0.1, 0.15) is 11.6 Å². The van der Waals surface area contributed by atoms with E-state index in [4.69, 9.17) is 16.3 Å². The summed E-state index contributed by atoms with van der Waals surface area (Å²) in [6.07, 6.45) is 2.41. The summed E-state index contributed by atoms with van der Waals surface area (Å²) in [5.74, 6) is 2.58. The number of hydrogen-bond acceptors (Lipinski definition) is 5. The third-order valence-corrected chi connectivity index (χ3v) is 3.58. The Labute approximate surface area is 126 Å². The van der Waals surface area contributed by atoms with Crippen LogP contribution in [0.2, 0.25) is 0 Å². The van der Waals surface area contributed by atoms with Crippen LogP contribution in [0.5, 0.6) is 5.88 Å². The van der Waals surface area contributed by atoms with Crippen LogP contribution in [0.4, 0.5) is 0 Å². The van der Waals surface area contributed by atoms with E-state index in [1.165, 1.54) is 0 Å². The monoisotopic (exact) mass is 306 g/mol. The molecule has 110 valence electrons. The second kappa shape index (κ2) is 5.69. The number of nitrogens with zero attached hydrogens (tertiary/aromatic N) is 6. The van der Waals surface area contributed by atoms with Crippen LogP contribution in [0.25, 0.3) is 11.2 Å². The Morgan fingerprint density at radius 3 is 2.76 bits per heavy atom. The summed E-state index contributed by atoms with van der Waals surface area (Å²) in [4.78, 5) is 8.96. The predicted octanol–water partition coefficient (Wildman–Crippen LogP) is 1.55. The minimum atomic E-state index is 0.331. The van der Waals surface area contributed by atoms with Gasteiger partial charge in [0.25, 0.3) is 0 Å². The Morgan fingerprint density at radius 2 is 2.10 bits per heavy atom. The van der Waals surface area contributed by atoms with Crippen LogP contribution in [0.3, 0.4) is 0 Å². The van der Waals surface area contributed by atoms with Gasteiger partial charge in [-0.15, -0.1) is 21.8 Å². The topological polar surface area (TPSA) is 70.7 Å². The summed E-state index contributed by atoms with van der Waals surface area (Å²) in [6, 6.07) is 3.68. The fraction of sp³-hybridized carbons (Fsp3) is 0.385. The zero-order valence-corrected chi connectivity index (χ0v) is 12.6. The number of ether oxygens (including phenoxy) is 1. The normalized spacial score (nSPS) is 11.2. The van der Waals surface area contributed by atoms with Gasteiger partial charge in [0.05, 0.1) is 13.0 Å². The number of hydrogen-bond donors (Lipinski definition) is 0. The minimum Gasteiger partial charge on any atom is -0.481 e. The molecule has 7 nitrogen and oxygen atoms in total. The van der Waals surface area contributed by atoms with Crippen molar-refractivity contribution in [3.63, 3.8) is 0 Å². The van der Waals surface area contributed by atoms with Crippen molar-refractivity contribution in [3.05, 3.63) is 30.1 Å². The van der Waals surface area contributed by atoms with Gasteiger partial charge in [0.2, 0.25) is 5.88 Å². The van der Waals surface area contributed by atoms with Gasteiger partial charge < -0.3 is 13.9 Å². The molecule has 0 aliphatic heterocycles. The molecule has 0 aromatic carbocycles. The van der Waals surface area contributed by atoms with Crippen molar-refractivity contribution in [2.24, 2.45) is 7.05 Å². The lowest BCUT2D eigenvalue weighted by molar-refractivity contribution is 0.399. The van der Waals surface area contributed by atoms with Crippen molar-refractivity contribution < 1.29 is 4.74 Å². The first-order valence-electron chi connectivity index (χ1n) is 6.52. The zero-order chi connectivity index (χ0) is 14.8. The summed E-state index contributed by atoms with van der Waals surface area (Å²) in [6.45, 7) is 0.686. The lowest BCUT2D eigenvalue weighted by Gasteiger charge is -2.07. The number of rotatable bonds is 5. The first-order chi connectivity index (χ1) is 10.2. The molecule has 3 aromatic heterocycles. The number of pyridine rings is 1. The van der Waals surface area contributed by atoms with Gasteiger partial charge in [-0.3, -0.25) is 0 Å². The number of aromatic nitrogens is 6. The highest BCUT2D eigenvalue weighted by atomic mass is 35.5. The molecule has 0 fully saturated rings. The van der Waals surface area contributed by atoms with E-state index in [1.54, 1.807) is 19.5 Å². The maximum atomic E-state index is 5.99. The molecule has 0 aliphatic rings. The van der Waals surface area contributed by atoms with Gasteiger partial charge in [0.15, 0.2) is 5.65 Å². The summed E-state index contributed by atoms with van der Waals surface area (Å²) in [5.41, 5.74) is 1.58. The lowest BCUT2D eigenvalue weighted by Crippen LogP contribution is -2.09. The molecule has 8 heteroatoms. The van der Waals surface area contributed by atoms with Gasteiger partial charge in [0.1, 0.15) is 23.5 Å².